The molecule has 4 nitrogen and oxygen atoms in total. The van der Waals surface area contributed by atoms with Crippen molar-refractivity contribution in [3.8, 4) is 0 Å². The molecular weight excluding hydrogens is 235 g/mol. The lowest BCUT2D eigenvalue weighted by Gasteiger charge is -2.29. The number of fused-ring (bicyclic) bond motifs is 2. The molecule has 2 bridgehead atoms. The highest BCUT2D eigenvalue weighted by Gasteiger charge is 2.48. The molecule has 18 heavy (non-hydrogen) atoms. The summed E-state index contributed by atoms with van der Waals surface area (Å²) in [6.07, 6.45) is 1.04. The van der Waals surface area contributed by atoms with Gasteiger partial charge in [-0.2, -0.15) is 0 Å². The minimum atomic E-state index is -0.999. The van der Waals surface area contributed by atoms with E-state index < -0.39 is 6.09 Å². The molecule has 0 aromatic heterocycles. The highest BCUT2D eigenvalue weighted by molar-refractivity contribution is 5.65. The SMILES string of the molecule is O=C(O)NC1C2CCC(N2)C1c1ccc(F)cc1. The van der Waals surface area contributed by atoms with E-state index in [2.05, 4.69) is 10.6 Å². The van der Waals surface area contributed by atoms with Crippen molar-refractivity contribution in [1.82, 2.24) is 10.6 Å². The van der Waals surface area contributed by atoms with Crippen molar-refractivity contribution < 1.29 is 14.3 Å². The first-order valence-corrected chi connectivity index (χ1v) is 6.16. The lowest BCUT2D eigenvalue weighted by Crippen LogP contribution is -2.45. The second-order valence-corrected chi connectivity index (χ2v) is 5.01. The zero-order chi connectivity index (χ0) is 12.7. The molecule has 3 N–H and O–H groups in total. The van der Waals surface area contributed by atoms with Gasteiger partial charge in [-0.05, 0) is 30.5 Å². The van der Waals surface area contributed by atoms with E-state index in [0.717, 1.165) is 18.4 Å². The summed E-state index contributed by atoms with van der Waals surface area (Å²) in [6, 6.07) is 6.72. The standard InChI is InChI=1S/C13H15FN2O2/c14-8-3-1-7(2-4-8)11-9-5-6-10(15-9)12(11)16-13(17)18/h1-4,9-12,15-16H,5-6H2,(H,17,18). The summed E-state index contributed by atoms with van der Waals surface area (Å²) in [5.41, 5.74) is 0.995. The molecule has 1 amide bonds. The second-order valence-electron chi connectivity index (χ2n) is 5.01. The smallest absolute Gasteiger partial charge is 0.404 e. The molecule has 0 saturated carbocycles. The Balaban J connectivity index is 1.88. The number of nitrogens with one attached hydrogen (secondary N) is 2. The zero-order valence-corrected chi connectivity index (χ0v) is 9.77. The minimum absolute atomic E-state index is 0.0976. The third kappa shape index (κ3) is 1.84. The number of rotatable bonds is 2. The highest BCUT2D eigenvalue weighted by atomic mass is 19.1. The molecule has 1 aromatic carbocycles. The van der Waals surface area contributed by atoms with E-state index in [0.29, 0.717) is 0 Å². The summed E-state index contributed by atoms with van der Waals surface area (Å²) >= 11 is 0. The maximum Gasteiger partial charge on any atom is 0.404 e. The normalized spacial score (nSPS) is 33.6. The molecular formula is C13H15FN2O2. The van der Waals surface area contributed by atoms with Crippen LogP contribution in [0, 0.1) is 5.82 Å². The van der Waals surface area contributed by atoms with Crippen LogP contribution in [0.25, 0.3) is 0 Å². The quantitative estimate of drug-likeness (QED) is 0.748. The summed E-state index contributed by atoms with van der Waals surface area (Å²) in [4.78, 5) is 10.9. The Hall–Kier alpha value is -1.62. The summed E-state index contributed by atoms with van der Waals surface area (Å²) in [7, 11) is 0. The Morgan fingerprint density at radius 2 is 1.94 bits per heavy atom. The van der Waals surface area contributed by atoms with E-state index in [9.17, 15) is 9.18 Å². The average molecular weight is 250 g/mol. The second kappa shape index (κ2) is 4.24. The fourth-order valence-corrected chi connectivity index (χ4v) is 3.33. The van der Waals surface area contributed by atoms with Crippen molar-refractivity contribution in [2.45, 2.75) is 36.9 Å². The molecule has 2 aliphatic heterocycles. The lowest BCUT2D eigenvalue weighted by atomic mass is 9.80. The maximum atomic E-state index is 12.9. The monoisotopic (exact) mass is 250 g/mol. The van der Waals surface area contributed by atoms with Gasteiger partial charge in [-0.1, -0.05) is 12.1 Å². The van der Waals surface area contributed by atoms with E-state index in [1.165, 1.54) is 12.1 Å². The number of carboxylic acid groups (broad SMARTS) is 1. The molecule has 0 spiro atoms. The van der Waals surface area contributed by atoms with Gasteiger partial charge in [0.05, 0.1) is 6.04 Å². The van der Waals surface area contributed by atoms with E-state index in [4.69, 9.17) is 5.11 Å². The van der Waals surface area contributed by atoms with Crippen LogP contribution >= 0.6 is 0 Å². The first-order chi connectivity index (χ1) is 8.65. The summed E-state index contributed by atoms with van der Waals surface area (Å²) in [6.45, 7) is 0. The van der Waals surface area contributed by atoms with Crippen LogP contribution in [-0.4, -0.2) is 29.3 Å². The first kappa shape index (κ1) is 11.5. The van der Waals surface area contributed by atoms with Crippen molar-refractivity contribution in [2.24, 2.45) is 0 Å². The number of amides is 1. The van der Waals surface area contributed by atoms with E-state index in [-0.39, 0.29) is 29.9 Å². The van der Waals surface area contributed by atoms with Gasteiger partial charge in [-0.15, -0.1) is 0 Å². The topological polar surface area (TPSA) is 61.4 Å². The first-order valence-electron chi connectivity index (χ1n) is 6.16. The Morgan fingerprint density at radius 1 is 1.28 bits per heavy atom. The molecule has 5 heteroatoms. The molecule has 2 heterocycles. The Morgan fingerprint density at radius 3 is 2.61 bits per heavy atom. The van der Waals surface area contributed by atoms with Gasteiger partial charge < -0.3 is 15.7 Å². The third-order valence-corrected chi connectivity index (χ3v) is 4.02. The summed E-state index contributed by atoms with van der Waals surface area (Å²) < 4.78 is 12.9. The van der Waals surface area contributed by atoms with Crippen LogP contribution in [0.1, 0.15) is 24.3 Å². The van der Waals surface area contributed by atoms with Gasteiger partial charge in [0.1, 0.15) is 5.82 Å². The Kier molecular flexibility index (Phi) is 2.70. The summed E-state index contributed by atoms with van der Waals surface area (Å²) in [5.74, 6) is -0.168. The Labute approximate surface area is 104 Å². The zero-order valence-electron chi connectivity index (χ0n) is 9.77. The highest BCUT2D eigenvalue weighted by Crippen LogP contribution is 2.40. The number of hydrogen-bond acceptors (Lipinski definition) is 2. The van der Waals surface area contributed by atoms with Gasteiger partial charge in [0.2, 0.25) is 0 Å². The predicted molar refractivity (Wildman–Crippen MR) is 64.0 cm³/mol. The van der Waals surface area contributed by atoms with Gasteiger partial charge in [0, 0.05) is 18.0 Å². The Bertz CT molecular complexity index is 463. The molecule has 4 atom stereocenters. The molecule has 0 aliphatic carbocycles. The number of hydrogen-bond donors (Lipinski definition) is 3. The van der Waals surface area contributed by atoms with Crippen molar-refractivity contribution in [3.05, 3.63) is 35.6 Å². The fraction of sp³-hybridized carbons (Fsp3) is 0.462. The number of halogens is 1. The van der Waals surface area contributed by atoms with Crippen molar-refractivity contribution >= 4 is 6.09 Å². The van der Waals surface area contributed by atoms with Crippen molar-refractivity contribution in [1.29, 1.82) is 0 Å². The van der Waals surface area contributed by atoms with E-state index >= 15 is 0 Å². The molecule has 0 radical (unpaired) electrons. The van der Waals surface area contributed by atoms with Crippen LogP contribution in [-0.2, 0) is 0 Å². The van der Waals surface area contributed by atoms with Gasteiger partial charge in [-0.25, -0.2) is 9.18 Å². The fourth-order valence-electron chi connectivity index (χ4n) is 3.33. The number of benzene rings is 1. The molecule has 2 aliphatic rings. The largest absolute Gasteiger partial charge is 0.465 e. The van der Waals surface area contributed by atoms with Crippen molar-refractivity contribution in [2.75, 3.05) is 0 Å². The van der Waals surface area contributed by atoms with Crippen LogP contribution in [0.15, 0.2) is 24.3 Å². The molecule has 2 saturated heterocycles. The van der Waals surface area contributed by atoms with Crippen LogP contribution in [0.3, 0.4) is 0 Å². The third-order valence-electron chi connectivity index (χ3n) is 4.02. The van der Waals surface area contributed by atoms with Gasteiger partial charge in [0.15, 0.2) is 0 Å². The van der Waals surface area contributed by atoms with Gasteiger partial charge in [-0.3, -0.25) is 0 Å². The van der Waals surface area contributed by atoms with Crippen LogP contribution in [0.5, 0.6) is 0 Å². The molecule has 96 valence electrons. The molecule has 1 aromatic rings. The minimum Gasteiger partial charge on any atom is -0.465 e. The van der Waals surface area contributed by atoms with Crippen LogP contribution < -0.4 is 10.6 Å². The van der Waals surface area contributed by atoms with Gasteiger partial charge in [0.25, 0.3) is 0 Å². The maximum absolute atomic E-state index is 12.9. The van der Waals surface area contributed by atoms with Gasteiger partial charge >= 0.3 is 6.09 Å². The number of carbonyl (C=O) groups is 1. The van der Waals surface area contributed by atoms with E-state index in [1.54, 1.807) is 12.1 Å². The van der Waals surface area contributed by atoms with Crippen LogP contribution in [0.2, 0.25) is 0 Å². The molecule has 3 rings (SSSR count). The average Bonchev–Trinajstić information content (AvgIpc) is 2.90. The lowest BCUT2D eigenvalue weighted by molar-refractivity contribution is 0.185. The summed E-state index contributed by atoms with van der Waals surface area (Å²) in [5, 5.41) is 14.9. The van der Waals surface area contributed by atoms with Crippen molar-refractivity contribution in [3.63, 3.8) is 0 Å². The molecule has 4 unspecified atom stereocenters. The van der Waals surface area contributed by atoms with Crippen LogP contribution in [0.4, 0.5) is 9.18 Å². The van der Waals surface area contributed by atoms with E-state index in [1.807, 2.05) is 0 Å². The predicted octanol–water partition coefficient (Wildman–Crippen LogP) is 1.68. The molecule has 2 fully saturated rings.